The lowest BCUT2D eigenvalue weighted by atomic mass is 9.46. The quantitative estimate of drug-likeness (QED) is 0.569. The maximum absolute atomic E-state index is 14.0. The van der Waals surface area contributed by atoms with Gasteiger partial charge in [-0.1, -0.05) is 32.4 Å². The highest BCUT2D eigenvalue weighted by atomic mass is 16.7. The molecular formula is C27H38O5. The number of hydrogen-bond acceptors (Lipinski definition) is 5. The first-order chi connectivity index (χ1) is 15.1. The van der Waals surface area contributed by atoms with E-state index in [9.17, 15) is 14.7 Å². The predicted octanol–water partition coefficient (Wildman–Crippen LogP) is 4.22. The van der Waals surface area contributed by atoms with Gasteiger partial charge in [-0.15, -0.1) is 0 Å². The average Bonchev–Trinajstić information content (AvgIpc) is 3.11. The number of allylic oxidation sites excluding steroid dienone is 2. The summed E-state index contributed by atoms with van der Waals surface area (Å²) in [7, 11) is 0. The van der Waals surface area contributed by atoms with Crippen molar-refractivity contribution in [2.75, 3.05) is 6.61 Å². The molecule has 6 aliphatic rings. The number of ketones is 2. The molecule has 0 aromatic rings. The second-order valence-electron chi connectivity index (χ2n) is 12.5. The Labute approximate surface area is 191 Å². The van der Waals surface area contributed by atoms with Gasteiger partial charge in [0, 0.05) is 31.6 Å². The van der Waals surface area contributed by atoms with Gasteiger partial charge in [0.05, 0.1) is 18.1 Å². The molecule has 0 unspecified atom stereocenters. The molecule has 2 saturated heterocycles. The van der Waals surface area contributed by atoms with E-state index in [1.54, 1.807) is 0 Å². The third-order valence-corrected chi connectivity index (χ3v) is 11.3. The van der Waals surface area contributed by atoms with E-state index in [0.717, 1.165) is 32.1 Å². The van der Waals surface area contributed by atoms with E-state index in [-0.39, 0.29) is 35.1 Å². The lowest BCUT2D eigenvalue weighted by Crippen LogP contribution is -2.63. The highest BCUT2D eigenvalue weighted by Crippen LogP contribution is 2.70. The maximum atomic E-state index is 14.0. The van der Waals surface area contributed by atoms with Gasteiger partial charge in [0.15, 0.2) is 5.79 Å². The lowest BCUT2D eigenvalue weighted by Gasteiger charge is -2.58. The van der Waals surface area contributed by atoms with Crippen molar-refractivity contribution in [3.05, 3.63) is 11.6 Å². The van der Waals surface area contributed by atoms with E-state index in [4.69, 9.17) is 9.47 Å². The van der Waals surface area contributed by atoms with Crippen LogP contribution in [0.15, 0.2) is 11.6 Å². The first-order valence-corrected chi connectivity index (χ1v) is 12.8. The normalized spacial score (nSPS) is 57.0. The molecule has 3 saturated carbocycles. The van der Waals surface area contributed by atoms with E-state index in [1.165, 1.54) is 5.57 Å². The van der Waals surface area contributed by atoms with Crippen LogP contribution in [0, 0.1) is 40.4 Å². The lowest BCUT2D eigenvalue weighted by molar-refractivity contribution is -0.273. The van der Waals surface area contributed by atoms with E-state index in [2.05, 4.69) is 26.8 Å². The van der Waals surface area contributed by atoms with Gasteiger partial charge in [-0.2, -0.15) is 0 Å². The molecule has 2 aliphatic heterocycles. The Balaban J connectivity index is 1.37. The van der Waals surface area contributed by atoms with Crippen LogP contribution in [-0.2, 0) is 19.1 Å². The van der Waals surface area contributed by atoms with E-state index < -0.39 is 16.8 Å². The van der Waals surface area contributed by atoms with Crippen LogP contribution in [0.25, 0.3) is 0 Å². The minimum atomic E-state index is -1.19. The molecular weight excluding hydrogens is 404 g/mol. The molecule has 1 spiro atoms. The molecule has 5 heteroatoms. The van der Waals surface area contributed by atoms with E-state index in [0.29, 0.717) is 43.5 Å². The second-order valence-corrected chi connectivity index (χ2v) is 12.5. The van der Waals surface area contributed by atoms with Gasteiger partial charge >= 0.3 is 0 Å². The summed E-state index contributed by atoms with van der Waals surface area (Å²) >= 11 is 0. The Kier molecular flexibility index (Phi) is 4.40. The summed E-state index contributed by atoms with van der Waals surface area (Å²) < 4.78 is 12.9. The van der Waals surface area contributed by atoms with Crippen LogP contribution in [0.5, 0.6) is 0 Å². The number of carbonyl (C=O) groups excluding carboxylic acids is 2. The van der Waals surface area contributed by atoms with Gasteiger partial charge in [-0.25, -0.2) is 0 Å². The third kappa shape index (κ3) is 2.36. The molecule has 32 heavy (non-hydrogen) atoms. The standard InChI is InChI=1S/C27H38O5/c1-15-7-10-26(31-14-15)16(2)27(30)23(32-26)13-21-19-6-5-17-11-18(28)8-9-24(17,3)20(19)12-22(29)25(21,27)4/h5,15-16,19-21,23,30H,6-14H2,1-4H3/t15-,16+,19+,20-,21+,23+,24+,25-,26-,27+/m1/s1. The number of carbonyl (C=O) groups is 2. The maximum Gasteiger partial charge on any atom is 0.174 e. The Bertz CT molecular complexity index is 900. The smallest absolute Gasteiger partial charge is 0.174 e. The van der Waals surface area contributed by atoms with Gasteiger partial charge < -0.3 is 14.6 Å². The summed E-state index contributed by atoms with van der Waals surface area (Å²) in [5.41, 5.74) is -0.796. The topological polar surface area (TPSA) is 72.8 Å². The molecule has 0 aromatic carbocycles. The number of hydrogen-bond donors (Lipinski definition) is 1. The summed E-state index contributed by atoms with van der Waals surface area (Å²) in [6.45, 7) is 9.21. The zero-order chi connectivity index (χ0) is 22.7. The largest absolute Gasteiger partial charge is 0.386 e. The SMILES string of the molecule is C[C@@H]1CC[C@@]2(OC1)O[C@H]1C[C@H]3[C@H]4CC=C5CC(=O)CC[C@]5(C)[C@@H]4CC(=O)[C@]3(C)[C@]1(O)[C@H]2C. The first kappa shape index (κ1) is 21.5. The third-order valence-electron chi connectivity index (χ3n) is 11.3. The summed E-state index contributed by atoms with van der Waals surface area (Å²) in [6, 6.07) is 0. The molecule has 1 N–H and O–H groups in total. The number of Topliss-reactive ketones (excluding diaryl/α,β-unsaturated/α-hetero) is 2. The van der Waals surface area contributed by atoms with Gasteiger partial charge in [-0.3, -0.25) is 9.59 Å². The van der Waals surface area contributed by atoms with Crippen molar-refractivity contribution in [3.8, 4) is 0 Å². The summed E-state index contributed by atoms with van der Waals surface area (Å²) in [5.74, 6) is 0.764. The fraction of sp³-hybridized carbons (Fsp3) is 0.852. The van der Waals surface area contributed by atoms with Crippen molar-refractivity contribution in [1.82, 2.24) is 0 Å². The Morgan fingerprint density at radius 2 is 1.91 bits per heavy atom. The minimum absolute atomic E-state index is 0.0650. The Morgan fingerprint density at radius 1 is 1.12 bits per heavy atom. The monoisotopic (exact) mass is 442 g/mol. The molecule has 5 nitrogen and oxygen atoms in total. The van der Waals surface area contributed by atoms with Crippen molar-refractivity contribution in [2.45, 2.75) is 96.6 Å². The zero-order valence-electron chi connectivity index (χ0n) is 20.0. The van der Waals surface area contributed by atoms with Crippen molar-refractivity contribution in [1.29, 1.82) is 0 Å². The number of fused-ring (bicyclic) bond motifs is 7. The molecule has 176 valence electrons. The van der Waals surface area contributed by atoms with Crippen LogP contribution < -0.4 is 0 Å². The highest BCUT2D eigenvalue weighted by Gasteiger charge is 2.78. The fourth-order valence-corrected chi connectivity index (χ4v) is 9.12. The van der Waals surface area contributed by atoms with Gasteiger partial charge in [0.25, 0.3) is 0 Å². The number of ether oxygens (including phenoxy) is 2. The van der Waals surface area contributed by atoms with Crippen LogP contribution in [0.2, 0.25) is 0 Å². The Hall–Kier alpha value is -1.04. The molecule has 10 atom stereocenters. The van der Waals surface area contributed by atoms with Crippen LogP contribution in [-0.4, -0.2) is 40.8 Å². The summed E-state index contributed by atoms with van der Waals surface area (Å²) in [4.78, 5) is 26.1. The predicted molar refractivity (Wildman–Crippen MR) is 119 cm³/mol. The van der Waals surface area contributed by atoms with Gasteiger partial charge in [0.1, 0.15) is 17.2 Å². The van der Waals surface area contributed by atoms with Crippen LogP contribution in [0.4, 0.5) is 0 Å². The molecule has 6 rings (SSSR count). The van der Waals surface area contributed by atoms with Crippen LogP contribution in [0.1, 0.15) is 79.1 Å². The molecule has 0 amide bonds. The van der Waals surface area contributed by atoms with Gasteiger partial charge in [0.2, 0.25) is 0 Å². The van der Waals surface area contributed by atoms with E-state index in [1.807, 2.05) is 6.92 Å². The molecule has 0 bridgehead atoms. The minimum Gasteiger partial charge on any atom is -0.386 e. The second kappa shape index (κ2) is 6.55. The molecule has 5 fully saturated rings. The molecule has 0 radical (unpaired) electrons. The van der Waals surface area contributed by atoms with Crippen molar-refractivity contribution >= 4 is 11.6 Å². The van der Waals surface area contributed by atoms with E-state index >= 15 is 0 Å². The number of aliphatic hydroxyl groups is 1. The Morgan fingerprint density at radius 3 is 2.62 bits per heavy atom. The summed E-state index contributed by atoms with van der Waals surface area (Å²) in [5, 5.41) is 12.3. The van der Waals surface area contributed by atoms with Crippen LogP contribution >= 0.6 is 0 Å². The van der Waals surface area contributed by atoms with Crippen molar-refractivity contribution < 1.29 is 24.2 Å². The highest BCUT2D eigenvalue weighted by molar-refractivity contribution is 5.89. The zero-order valence-corrected chi connectivity index (χ0v) is 20.0. The van der Waals surface area contributed by atoms with Gasteiger partial charge in [-0.05, 0) is 61.7 Å². The molecule has 4 aliphatic carbocycles. The molecule has 2 heterocycles. The fourth-order valence-electron chi connectivity index (χ4n) is 9.12. The van der Waals surface area contributed by atoms with Crippen LogP contribution in [0.3, 0.4) is 0 Å². The molecule has 0 aromatic heterocycles. The first-order valence-electron chi connectivity index (χ1n) is 12.8. The number of rotatable bonds is 0. The van der Waals surface area contributed by atoms with Crippen molar-refractivity contribution in [3.63, 3.8) is 0 Å². The van der Waals surface area contributed by atoms with Crippen molar-refractivity contribution in [2.24, 2.45) is 40.4 Å². The average molecular weight is 443 g/mol. The summed E-state index contributed by atoms with van der Waals surface area (Å²) in [6.07, 6.45) is 7.94.